The van der Waals surface area contributed by atoms with Crippen molar-refractivity contribution in [3.8, 4) is 0 Å². The van der Waals surface area contributed by atoms with Gasteiger partial charge in [-0.2, -0.15) is 0 Å². The lowest BCUT2D eigenvalue weighted by Gasteiger charge is -2.15. The quantitative estimate of drug-likeness (QED) is 0.918. The van der Waals surface area contributed by atoms with Crippen molar-refractivity contribution in [2.24, 2.45) is 0 Å². The maximum absolute atomic E-state index is 12.2. The molecule has 1 N–H and O–H groups in total. The largest absolute Gasteiger partial charge is 0.361 e. The van der Waals surface area contributed by atoms with Gasteiger partial charge in [-0.3, -0.25) is 9.59 Å². The first kappa shape index (κ1) is 15.8. The molecule has 22 heavy (non-hydrogen) atoms. The van der Waals surface area contributed by atoms with Crippen LogP contribution in [0.15, 0.2) is 34.9 Å². The molecular weight excluding hydrogens is 282 g/mol. The van der Waals surface area contributed by atoms with Gasteiger partial charge in [-0.1, -0.05) is 17.3 Å². The molecular formula is C16H19N3O3. The smallest absolute Gasteiger partial charge is 0.227 e. The Balaban J connectivity index is 1.91. The van der Waals surface area contributed by atoms with E-state index in [9.17, 15) is 9.59 Å². The molecule has 2 aromatic rings. The van der Waals surface area contributed by atoms with Crippen molar-refractivity contribution in [1.82, 2.24) is 10.1 Å². The third-order valence-electron chi connectivity index (χ3n) is 3.13. The fourth-order valence-electron chi connectivity index (χ4n) is 2.04. The number of likely N-dealkylation sites (N-methyl/N-ethyl adjacent to an activating group) is 1. The Kier molecular flexibility index (Phi) is 4.93. The lowest BCUT2D eigenvalue weighted by molar-refractivity contribution is -0.129. The fourth-order valence-corrected chi connectivity index (χ4v) is 2.04. The van der Waals surface area contributed by atoms with Crippen molar-refractivity contribution in [1.29, 1.82) is 0 Å². The molecule has 0 saturated carbocycles. The molecule has 0 bridgehead atoms. The van der Waals surface area contributed by atoms with Gasteiger partial charge in [0, 0.05) is 25.7 Å². The molecule has 1 heterocycles. The Labute approximate surface area is 129 Å². The van der Waals surface area contributed by atoms with Crippen LogP contribution < -0.4 is 5.32 Å². The Bertz CT molecular complexity index is 662. The molecule has 0 spiro atoms. The van der Waals surface area contributed by atoms with E-state index >= 15 is 0 Å². The van der Waals surface area contributed by atoms with E-state index in [0.717, 1.165) is 22.7 Å². The highest BCUT2D eigenvalue weighted by atomic mass is 16.5. The molecule has 0 saturated heterocycles. The molecule has 0 aliphatic rings. The van der Waals surface area contributed by atoms with Crippen LogP contribution in [-0.2, 0) is 22.6 Å². The number of hydrogen-bond donors (Lipinski definition) is 1. The number of hydrogen-bond acceptors (Lipinski definition) is 4. The van der Waals surface area contributed by atoms with E-state index in [1.807, 2.05) is 25.1 Å². The maximum Gasteiger partial charge on any atom is 0.227 e. The van der Waals surface area contributed by atoms with Gasteiger partial charge in [-0.05, 0) is 24.6 Å². The minimum absolute atomic E-state index is 0.00655. The summed E-state index contributed by atoms with van der Waals surface area (Å²) < 4.78 is 4.99. The summed E-state index contributed by atoms with van der Waals surface area (Å²) >= 11 is 0. The van der Waals surface area contributed by atoms with Crippen molar-refractivity contribution in [3.63, 3.8) is 0 Å². The third-order valence-corrected chi connectivity index (χ3v) is 3.13. The first-order valence-corrected chi connectivity index (χ1v) is 6.96. The van der Waals surface area contributed by atoms with Gasteiger partial charge in [0.2, 0.25) is 11.8 Å². The van der Waals surface area contributed by atoms with E-state index in [4.69, 9.17) is 4.52 Å². The van der Waals surface area contributed by atoms with Crippen LogP contribution in [0.1, 0.15) is 23.9 Å². The predicted octanol–water partition coefficient (Wildman–Crippen LogP) is 2.14. The Morgan fingerprint density at radius 3 is 2.50 bits per heavy atom. The van der Waals surface area contributed by atoms with Crippen LogP contribution in [0, 0.1) is 6.92 Å². The van der Waals surface area contributed by atoms with Gasteiger partial charge >= 0.3 is 0 Å². The molecule has 2 amide bonds. The molecule has 0 unspecified atom stereocenters. The Morgan fingerprint density at radius 2 is 1.95 bits per heavy atom. The second-order valence-corrected chi connectivity index (χ2v) is 5.23. The number of nitrogens with zero attached hydrogens (tertiary/aromatic N) is 2. The van der Waals surface area contributed by atoms with E-state index < -0.39 is 0 Å². The van der Waals surface area contributed by atoms with E-state index in [0.29, 0.717) is 13.0 Å². The van der Waals surface area contributed by atoms with Gasteiger partial charge in [0.05, 0.1) is 13.0 Å². The van der Waals surface area contributed by atoms with Crippen molar-refractivity contribution >= 4 is 17.5 Å². The zero-order valence-electron chi connectivity index (χ0n) is 12.9. The standard InChI is InChI=1S/C16H19N3O3/c1-11-8-15(18-22-11)10-19(3)16(21)9-13-4-6-14(7-5-13)17-12(2)20/h4-8H,9-10H2,1-3H3,(H,17,20). The second-order valence-electron chi connectivity index (χ2n) is 5.23. The average Bonchev–Trinajstić information content (AvgIpc) is 2.85. The van der Waals surface area contributed by atoms with Crippen LogP contribution in [0.3, 0.4) is 0 Å². The summed E-state index contributed by atoms with van der Waals surface area (Å²) in [5.41, 5.74) is 2.34. The van der Waals surface area contributed by atoms with Crippen LogP contribution in [0.2, 0.25) is 0 Å². The number of nitrogens with one attached hydrogen (secondary N) is 1. The molecule has 1 aromatic heterocycles. The molecule has 0 radical (unpaired) electrons. The molecule has 2 rings (SSSR count). The van der Waals surface area contributed by atoms with Gasteiger partial charge in [0.15, 0.2) is 0 Å². The van der Waals surface area contributed by atoms with Crippen LogP contribution in [0.5, 0.6) is 0 Å². The summed E-state index contributed by atoms with van der Waals surface area (Å²) in [7, 11) is 1.73. The number of anilines is 1. The summed E-state index contributed by atoms with van der Waals surface area (Å²) in [5.74, 6) is 0.601. The monoisotopic (exact) mass is 301 g/mol. The summed E-state index contributed by atoms with van der Waals surface area (Å²) in [6.07, 6.45) is 0.299. The first-order valence-electron chi connectivity index (χ1n) is 6.96. The molecule has 116 valence electrons. The minimum Gasteiger partial charge on any atom is -0.361 e. The molecule has 6 heteroatoms. The van der Waals surface area contributed by atoms with Crippen molar-refractivity contribution in [2.75, 3.05) is 12.4 Å². The molecule has 0 atom stereocenters. The fraction of sp³-hybridized carbons (Fsp3) is 0.312. The summed E-state index contributed by atoms with van der Waals surface area (Å²) in [4.78, 5) is 24.7. The number of aromatic nitrogens is 1. The van der Waals surface area contributed by atoms with E-state index in [-0.39, 0.29) is 11.8 Å². The molecule has 1 aromatic carbocycles. The SMILES string of the molecule is CC(=O)Nc1ccc(CC(=O)N(C)Cc2cc(C)on2)cc1. The van der Waals surface area contributed by atoms with E-state index in [1.54, 1.807) is 24.1 Å². The zero-order valence-corrected chi connectivity index (χ0v) is 12.9. The van der Waals surface area contributed by atoms with Crippen LogP contribution in [-0.4, -0.2) is 28.9 Å². The topological polar surface area (TPSA) is 75.4 Å². The van der Waals surface area contributed by atoms with Crippen LogP contribution in [0.25, 0.3) is 0 Å². The molecule has 0 aliphatic heterocycles. The van der Waals surface area contributed by atoms with E-state index in [1.165, 1.54) is 6.92 Å². The van der Waals surface area contributed by atoms with Gasteiger partial charge in [-0.25, -0.2) is 0 Å². The number of benzene rings is 1. The molecule has 0 aliphatic carbocycles. The number of rotatable bonds is 5. The second kappa shape index (κ2) is 6.89. The van der Waals surface area contributed by atoms with Crippen molar-refractivity contribution in [2.45, 2.75) is 26.8 Å². The van der Waals surface area contributed by atoms with Crippen LogP contribution >= 0.6 is 0 Å². The summed E-state index contributed by atoms with van der Waals surface area (Å²) in [5, 5.41) is 6.57. The lowest BCUT2D eigenvalue weighted by atomic mass is 10.1. The Morgan fingerprint density at radius 1 is 1.27 bits per heavy atom. The predicted molar refractivity (Wildman–Crippen MR) is 82.2 cm³/mol. The highest BCUT2D eigenvalue weighted by Gasteiger charge is 2.12. The highest BCUT2D eigenvalue weighted by molar-refractivity contribution is 5.88. The highest BCUT2D eigenvalue weighted by Crippen LogP contribution is 2.12. The lowest BCUT2D eigenvalue weighted by Crippen LogP contribution is -2.27. The average molecular weight is 301 g/mol. The van der Waals surface area contributed by atoms with Crippen LogP contribution in [0.4, 0.5) is 5.69 Å². The normalized spacial score (nSPS) is 10.3. The van der Waals surface area contributed by atoms with E-state index in [2.05, 4.69) is 10.5 Å². The molecule has 0 fully saturated rings. The first-order chi connectivity index (χ1) is 10.4. The van der Waals surface area contributed by atoms with Gasteiger partial charge in [-0.15, -0.1) is 0 Å². The third kappa shape index (κ3) is 4.44. The van der Waals surface area contributed by atoms with Gasteiger partial charge in [0.25, 0.3) is 0 Å². The number of aryl methyl sites for hydroxylation is 1. The number of amides is 2. The molecule has 6 nitrogen and oxygen atoms in total. The van der Waals surface area contributed by atoms with Crippen molar-refractivity contribution < 1.29 is 14.1 Å². The Hall–Kier alpha value is -2.63. The number of carbonyl (C=O) groups excluding carboxylic acids is 2. The summed E-state index contributed by atoms with van der Waals surface area (Å²) in [6, 6.07) is 9.04. The minimum atomic E-state index is -0.119. The summed E-state index contributed by atoms with van der Waals surface area (Å²) in [6.45, 7) is 3.69. The van der Waals surface area contributed by atoms with Gasteiger partial charge in [0.1, 0.15) is 11.5 Å². The maximum atomic E-state index is 12.2. The number of carbonyl (C=O) groups is 2. The van der Waals surface area contributed by atoms with Crippen molar-refractivity contribution in [3.05, 3.63) is 47.3 Å². The zero-order chi connectivity index (χ0) is 16.1. The van der Waals surface area contributed by atoms with Gasteiger partial charge < -0.3 is 14.7 Å².